The fourth-order valence-electron chi connectivity index (χ4n) is 2.67. The van der Waals surface area contributed by atoms with Crippen molar-refractivity contribution in [3.8, 4) is 22.6 Å². The molecule has 0 spiro atoms. The maximum Gasteiger partial charge on any atom is 0.255 e. The number of nitrogens with one attached hydrogen (secondary N) is 1. The fourth-order valence-corrected chi connectivity index (χ4v) is 2.67. The first-order valence-corrected chi connectivity index (χ1v) is 8.10. The highest BCUT2D eigenvalue weighted by molar-refractivity contribution is 6.04. The molecule has 3 aromatic rings. The molecule has 0 heterocycles. The summed E-state index contributed by atoms with van der Waals surface area (Å²) in [4.78, 5) is 12.3. The van der Waals surface area contributed by atoms with Gasteiger partial charge in [-0.3, -0.25) is 4.79 Å². The van der Waals surface area contributed by atoms with Crippen LogP contribution in [0.2, 0.25) is 0 Å². The zero-order valence-corrected chi connectivity index (χ0v) is 14.8. The Morgan fingerprint density at radius 3 is 2.11 bits per heavy atom. The van der Waals surface area contributed by atoms with Crippen LogP contribution < -0.4 is 14.8 Å². The van der Waals surface area contributed by atoms with Gasteiger partial charge in [0.1, 0.15) is 23.1 Å². The molecule has 0 radical (unpaired) electrons. The van der Waals surface area contributed by atoms with Crippen LogP contribution in [0.25, 0.3) is 11.1 Å². The van der Waals surface area contributed by atoms with Gasteiger partial charge in [0.05, 0.1) is 14.2 Å². The number of ether oxygens (including phenoxy) is 2. The molecule has 6 heteroatoms. The standard InChI is InChI=1S/C21H17F2NO3/c1-26-18-6-3-13(4-7-18)19-12-17(5-8-20(19)27-2)24-21(25)14-9-15(22)11-16(23)10-14/h3-12H,1-2H3,(H,24,25). The summed E-state index contributed by atoms with van der Waals surface area (Å²) in [7, 11) is 3.14. The lowest BCUT2D eigenvalue weighted by Gasteiger charge is -2.12. The van der Waals surface area contributed by atoms with Crippen LogP contribution >= 0.6 is 0 Å². The van der Waals surface area contributed by atoms with E-state index in [9.17, 15) is 13.6 Å². The maximum absolute atomic E-state index is 13.3. The Bertz CT molecular complexity index is 951. The van der Waals surface area contributed by atoms with Crippen LogP contribution in [0.5, 0.6) is 11.5 Å². The Kier molecular flexibility index (Phi) is 5.35. The lowest BCUT2D eigenvalue weighted by atomic mass is 10.0. The van der Waals surface area contributed by atoms with Gasteiger partial charge in [-0.15, -0.1) is 0 Å². The van der Waals surface area contributed by atoms with E-state index in [4.69, 9.17) is 9.47 Å². The van der Waals surface area contributed by atoms with Crippen molar-refractivity contribution in [2.24, 2.45) is 0 Å². The third kappa shape index (κ3) is 4.23. The number of benzene rings is 3. The third-order valence-electron chi connectivity index (χ3n) is 3.98. The van der Waals surface area contributed by atoms with Crippen molar-refractivity contribution in [3.05, 3.63) is 77.9 Å². The highest BCUT2D eigenvalue weighted by atomic mass is 19.1. The Balaban J connectivity index is 1.91. The molecule has 0 aliphatic carbocycles. The molecule has 4 nitrogen and oxygen atoms in total. The second-order valence-electron chi connectivity index (χ2n) is 5.76. The average molecular weight is 369 g/mol. The van der Waals surface area contributed by atoms with Gasteiger partial charge in [-0.2, -0.15) is 0 Å². The predicted molar refractivity (Wildman–Crippen MR) is 99.3 cm³/mol. The summed E-state index contributed by atoms with van der Waals surface area (Å²) in [6.07, 6.45) is 0. The molecule has 0 aliphatic heterocycles. The molecule has 0 atom stereocenters. The van der Waals surface area contributed by atoms with Gasteiger partial charge in [0.15, 0.2) is 0 Å². The summed E-state index contributed by atoms with van der Waals surface area (Å²) >= 11 is 0. The molecule has 0 fully saturated rings. The summed E-state index contributed by atoms with van der Waals surface area (Å²) < 4.78 is 37.2. The maximum atomic E-state index is 13.3. The minimum Gasteiger partial charge on any atom is -0.497 e. The number of amides is 1. The molecule has 1 N–H and O–H groups in total. The molecule has 0 unspecified atom stereocenters. The van der Waals surface area contributed by atoms with E-state index < -0.39 is 17.5 Å². The molecule has 0 saturated heterocycles. The van der Waals surface area contributed by atoms with Gasteiger partial charge in [-0.25, -0.2) is 8.78 Å². The van der Waals surface area contributed by atoms with Crippen molar-refractivity contribution in [2.75, 3.05) is 19.5 Å². The first-order chi connectivity index (χ1) is 13.0. The monoisotopic (exact) mass is 369 g/mol. The van der Waals surface area contributed by atoms with Crippen LogP contribution in [0, 0.1) is 11.6 Å². The SMILES string of the molecule is COc1ccc(-c2cc(NC(=O)c3cc(F)cc(F)c3)ccc2OC)cc1. The number of hydrogen-bond acceptors (Lipinski definition) is 3. The lowest BCUT2D eigenvalue weighted by Crippen LogP contribution is -2.12. The van der Waals surface area contributed by atoms with Gasteiger partial charge >= 0.3 is 0 Å². The number of hydrogen-bond donors (Lipinski definition) is 1. The summed E-state index contributed by atoms with van der Waals surface area (Å²) in [5.41, 5.74) is 1.98. The number of carbonyl (C=O) groups excluding carboxylic acids is 1. The summed E-state index contributed by atoms with van der Waals surface area (Å²) in [5.74, 6) is -0.896. The smallest absolute Gasteiger partial charge is 0.255 e. The highest BCUT2D eigenvalue weighted by Gasteiger charge is 2.12. The molecule has 27 heavy (non-hydrogen) atoms. The molecular formula is C21H17F2NO3. The number of anilines is 1. The Morgan fingerprint density at radius 1 is 0.852 bits per heavy atom. The highest BCUT2D eigenvalue weighted by Crippen LogP contribution is 2.33. The summed E-state index contributed by atoms with van der Waals surface area (Å²) in [6, 6.07) is 15.1. The second kappa shape index (κ2) is 7.86. The average Bonchev–Trinajstić information content (AvgIpc) is 2.67. The van der Waals surface area contributed by atoms with Crippen molar-refractivity contribution >= 4 is 11.6 Å². The van der Waals surface area contributed by atoms with Crippen LogP contribution in [-0.2, 0) is 0 Å². The van der Waals surface area contributed by atoms with Crippen molar-refractivity contribution in [1.29, 1.82) is 0 Å². The zero-order chi connectivity index (χ0) is 19.4. The van der Waals surface area contributed by atoms with Crippen molar-refractivity contribution in [3.63, 3.8) is 0 Å². The molecule has 3 aromatic carbocycles. The minimum atomic E-state index is -0.811. The Morgan fingerprint density at radius 2 is 1.52 bits per heavy atom. The number of methoxy groups -OCH3 is 2. The van der Waals surface area contributed by atoms with Gasteiger partial charge in [0.25, 0.3) is 5.91 Å². The van der Waals surface area contributed by atoms with E-state index in [1.807, 2.05) is 24.3 Å². The first-order valence-electron chi connectivity index (χ1n) is 8.10. The fraction of sp³-hybridized carbons (Fsp3) is 0.0952. The van der Waals surface area contributed by atoms with E-state index >= 15 is 0 Å². The topological polar surface area (TPSA) is 47.6 Å². The van der Waals surface area contributed by atoms with Crippen LogP contribution in [-0.4, -0.2) is 20.1 Å². The van der Waals surface area contributed by atoms with Crippen LogP contribution in [0.1, 0.15) is 10.4 Å². The zero-order valence-electron chi connectivity index (χ0n) is 14.8. The molecular weight excluding hydrogens is 352 g/mol. The van der Waals surface area contributed by atoms with E-state index in [0.29, 0.717) is 17.5 Å². The lowest BCUT2D eigenvalue weighted by molar-refractivity contribution is 0.102. The van der Waals surface area contributed by atoms with Crippen LogP contribution in [0.3, 0.4) is 0 Å². The molecule has 0 aromatic heterocycles. The van der Waals surface area contributed by atoms with Gasteiger partial charge in [0.2, 0.25) is 0 Å². The summed E-state index contributed by atoms with van der Waals surface area (Å²) in [6.45, 7) is 0. The van der Waals surface area contributed by atoms with E-state index in [0.717, 1.165) is 29.0 Å². The van der Waals surface area contributed by atoms with E-state index in [2.05, 4.69) is 5.32 Å². The van der Waals surface area contributed by atoms with E-state index in [-0.39, 0.29) is 5.56 Å². The predicted octanol–water partition coefficient (Wildman–Crippen LogP) is 4.90. The number of rotatable bonds is 5. The van der Waals surface area contributed by atoms with Crippen molar-refractivity contribution < 1.29 is 23.0 Å². The molecule has 0 saturated carbocycles. The van der Waals surface area contributed by atoms with Gasteiger partial charge in [-0.1, -0.05) is 12.1 Å². The van der Waals surface area contributed by atoms with Gasteiger partial charge in [-0.05, 0) is 48.0 Å². The molecule has 0 bridgehead atoms. The number of carbonyl (C=O) groups is 1. The Hall–Kier alpha value is -3.41. The van der Waals surface area contributed by atoms with Crippen molar-refractivity contribution in [1.82, 2.24) is 0 Å². The van der Waals surface area contributed by atoms with E-state index in [1.165, 1.54) is 0 Å². The van der Waals surface area contributed by atoms with Crippen LogP contribution in [0.15, 0.2) is 60.7 Å². The van der Waals surface area contributed by atoms with Gasteiger partial charge < -0.3 is 14.8 Å². The molecule has 3 rings (SSSR count). The molecule has 0 aliphatic rings. The van der Waals surface area contributed by atoms with E-state index in [1.54, 1.807) is 32.4 Å². The summed E-state index contributed by atoms with van der Waals surface area (Å²) in [5, 5.41) is 2.64. The molecule has 138 valence electrons. The van der Waals surface area contributed by atoms with Crippen molar-refractivity contribution in [2.45, 2.75) is 0 Å². The normalized spacial score (nSPS) is 10.4. The third-order valence-corrected chi connectivity index (χ3v) is 3.98. The Labute approximate surface area is 155 Å². The molecule has 1 amide bonds. The number of halogens is 2. The van der Waals surface area contributed by atoms with Gasteiger partial charge in [0, 0.05) is 22.9 Å². The largest absolute Gasteiger partial charge is 0.497 e. The second-order valence-corrected chi connectivity index (χ2v) is 5.76. The first kappa shape index (κ1) is 18.4. The minimum absolute atomic E-state index is 0.102. The van der Waals surface area contributed by atoms with Crippen LogP contribution in [0.4, 0.5) is 14.5 Å². The quantitative estimate of drug-likeness (QED) is 0.696.